The molecular weight excluding hydrogens is 140 g/mol. The Bertz CT molecular complexity index is 234. The van der Waals surface area contributed by atoms with Crippen molar-refractivity contribution >= 4 is 0 Å². The van der Waals surface area contributed by atoms with Crippen molar-refractivity contribution < 1.29 is 5.11 Å². The summed E-state index contributed by atoms with van der Waals surface area (Å²) in [5, 5.41) is 8.93. The number of H-pyrrole nitrogens is 1. The number of aromatic amines is 1. The van der Waals surface area contributed by atoms with Gasteiger partial charge in [0.05, 0.1) is 6.20 Å². The second kappa shape index (κ2) is 2.57. The van der Waals surface area contributed by atoms with Crippen LogP contribution in [0.15, 0.2) is 6.20 Å². The summed E-state index contributed by atoms with van der Waals surface area (Å²) in [4.78, 5) is 6.77. The van der Waals surface area contributed by atoms with Crippen molar-refractivity contribution in [3.63, 3.8) is 0 Å². The van der Waals surface area contributed by atoms with E-state index in [0.29, 0.717) is 0 Å². The van der Waals surface area contributed by atoms with Gasteiger partial charge in [-0.2, -0.15) is 0 Å². The van der Waals surface area contributed by atoms with E-state index in [1.807, 2.05) is 0 Å². The summed E-state index contributed by atoms with van der Waals surface area (Å²) >= 11 is 0. The lowest BCUT2D eigenvalue weighted by molar-refractivity contribution is 0.399. The molecule has 0 radical (unpaired) electrons. The van der Waals surface area contributed by atoms with Crippen LogP contribution in [0.4, 0.5) is 0 Å². The van der Waals surface area contributed by atoms with Gasteiger partial charge in [-0.3, -0.25) is 0 Å². The molecule has 1 aromatic heterocycles. The number of nitrogens with zero attached hydrogens (tertiary/aromatic N) is 1. The minimum absolute atomic E-state index is 0.143. The van der Waals surface area contributed by atoms with Crippen LogP contribution in [0, 0.1) is 5.41 Å². The van der Waals surface area contributed by atoms with Crippen molar-refractivity contribution in [2.75, 3.05) is 0 Å². The molecule has 0 saturated heterocycles. The third-order valence-corrected chi connectivity index (χ3v) is 1.31. The number of nitrogens with one attached hydrogen (secondary N) is 1. The number of imidazole rings is 1. The van der Waals surface area contributed by atoms with Crippen molar-refractivity contribution in [1.82, 2.24) is 9.97 Å². The Balaban J connectivity index is 2.65. The van der Waals surface area contributed by atoms with Gasteiger partial charge in [-0.25, -0.2) is 4.98 Å². The molecule has 3 heteroatoms. The van der Waals surface area contributed by atoms with E-state index < -0.39 is 0 Å². The van der Waals surface area contributed by atoms with Gasteiger partial charge in [0.1, 0.15) is 5.82 Å². The van der Waals surface area contributed by atoms with E-state index in [-0.39, 0.29) is 11.3 Å². The highest BCUT2D eigenvalue weighted by Crippen LogP contribution is 2.19. The fourth-order valence-corrected chi connectivity index (χ4v) is 0.944. The topological polar surface area (TPSA) is 48.9 Å². The lowest BCUT2D eigenvalue weighted by Gasteiger charge is -2.15. The molecule has 0 bridgehead atoms. The van der Waals surface area contributed by atoms with Gasteiger partial charge >= 0.3 is 0 Å². The van der Waals surface area contributed by atoms with Crippen LogP contribution in [-0.4, -0.2) is 15.1 Å². The van der Waals surface area contributed by atoms with Gasteiger partial charge in [-0.15, -0.1) is 0 Å². The molecule has 0 fully saturated rings. The van der Waals surface area contributed by atoms with Crippen LogP contribution >= 0.6 is 0 Å². The predicted molar refractivity (Wildman–Crippen MR) is 43.4 cm³/mol. The molecule has 1 aromatic rings. The van der Waals surface area contributed by atoms with Gasteiger partial charge in [0.15, 0.2) is 0 Å². The summed E-state index contributed by atoms with van der Waals surface area (Å²) in [6, 6.07) is 0. The van der Waals surface area contributed by atoms with Crippen LogP contribution in [0.1, 0.15) is 26.6 Å². The molecule has 0 aliphatic heterocycles. The zero-order chi connectivity index (χ0) is 8.48. The molecule has 0 aromatic carbocycles. The zero-order valence-electron chi connectivity index (χ0n) is 7.18. The van der Waals surface area contributed by atoms with Crippen molar-refractivity contribution in [3.8, 4) is 5.88 Å². The normalized spacial score (nSPS) is 11.9. The molecule has 2 N–H and O–H groups in total. The maximum absolute atomic E-state index is 8.93. The number of aromatic hydroxyl groups is 1. The highest BCUT2D eigenvalue weighted by atomic mass is 16.3. The molecule has 0 saturated carbocycles. The fraction of sp³-hybridized carbons (Fsp3) is 0.625. The summed E-state index contributed by atoms with van der Waals surface area (Å²) in [5.41, 5.74) is 0.213. The molecule has 0 aliphatic carbocycles. The maximum atomic E-state index is 8.93. The summed E-state index contributed by atoms with van der Waals surface area (Å²) in [6.45, 7) is 6.39. The largest absolute Gasteiger partial charge is 0.493 e. The standard InChI is InChI=1S/C8H14N2O/c1-8(2,3)4-6-9-5-7(11)10-6/h5,11H,4H2,1-3H3,(H,9,10). The van der Waals surface area contributed by atoms with E-state index in [4.69, 9.17) is 5.11 Å². The van der Waals surface area contributed by atoms with Gasteiger partial charge in [0.2, 0.25) is 5.88 Å². The van der Waals surface area contributed by atoms with Crippen molar-refractivity contribution in [2.24, 2.45) is 5.41 Å². The van der Waals surface area contributed by atoms with Gasteiger partial charge in [0.25, 0.3) is 0 Å². The molecular formula is C8H14N2O. The van der Waals surface area contributed by atoms with E-state index >= 15 is 0 Å². The van der Waals surface area contributed by atoms with Crippen molar-refractivity contribution in [1.29, 1.82) is 0 Å². The molecule has 11 heavy (non-hydrogen) atoms. The van der Waals surface area contributed by atoms with Crippen LogP contribution in [0.5, 0.6) is 5.88 Å². The molecule has 0 amide bonds. The molecule has 0 spiro atoms. The van der Waals surface area contributed by atoms with Gasteiger partial charge in [-0.1, -0.05) is 20.8 Å². The highest BCUT2D eigenvalue weighted by molar-refractivity contribution is 5.05. The van der Waals surface area contributed by atoms with Crippen molar-refractivity contribution in [2.45, 2.75) is 27.2 Å². The Hall–Kier alpha value is -0.990. The number of aromatic nitrogens is 2. The van der Waals surface area contributed by atoms with E-state index in [1.54, 1.807) is 0 Å². The Morgan fingerprint density at radius 2 is 2.18 bits per heavy atom. The smallest absolute Gasteiger partial charge is 0.208 e. The van der Waals surface area contributed by atoms with Gasteiger partial charge in [0, 0.05) is 6.42 Å². The van der Waals surface area contributed by atoms with E-state index in [0.717, 1.165) is 12.2 Å². The first-order chi connectivity index (χ1) is 4.97. The predicted octanol–water partition coefficient (Wildman–Crippen LogP) is 1.70. The summed E-state index contributed by atoms with van der Waals surface area (Å²) in [6.07, 6.45) is 2.29. The second-order valence-corrected chi connectivity index (χ2v) is 3.95. The lowest BCUT2D eigenvalue weighted by Crippen LogP contribution is -2.10. The minimum Gasteiger partial charge on any atom is -0.493 e. The lowest BCUT2D eigenvalue weighted by atomic mass is 9.92. The van der Waals surface area contributed by atoms with Crippen LogP contribution in [0.25, 0.3) is 0 Å². The number of rotatable bonds is 1. The summed E-state index contributed by atoms with van der Waals surface area (Å²) < 4.78 is 0. The SMILES string of the molecule is CC(C)(C)Cc1ncc(O)[nH]1. The first-order valence-electron chi connectivity index (χ1n) is 3.70. The fourth-order valence-electron chi connectivity index (χ4n) is 0.944. The average Bonchev–Trinajstić information content (AvgIpc) is 2.10. The first-order valence-corrected chi connectivity index (χ1v) is 3.70. The minimum atomic E-state index is 0.143. The monoisotopic (exact) mass is 154 g/mol. The van der Waals surface area contributed by atoms with Gasteiger partial charge < -0.3 is 10.1 Å². The number of hydrogen-bond acceptors (Lipinski definition) is 2. The van der Waals surface area contributed by atoms with E-state index in [9.17, 15) is 0 Å². The molecule has 62 valence electrons. The summed E-state index contributed by atoms with van der Waals surface area (Å²) in [5.74, 6) is 0.985. The molecule has 1 rings (SSSR count). The zero-order valence-corrected chi connectivity index (χ0v) is 7.18. The summed E-state index contributed by atoms with van der Waals surface area (Å²) in [7, 11) is 0. The Morgan fingerprint density at radius 1 is 1.55 bits per heavy atom. The Kier molecular flexibility index (Phi) is 1.89. The van der Waals surface area contributed by atoms with E-state index in [2.05, 4.69) is 30.7 Å². The molecule has 0 atom stereocenters. The molecule has 1 heterocycles. The quantitative estimate of drug-likeness (QED) is 0.646. The van der Waals surface area contributed by atoms with Crippen LogP contribution in [0.3, 0.4) is 0 Å². The maximum Gasteiger partial charge on any atom is 0.208 e. The molecule has 3 nitrogen and oxygen atoms in total. The second-order valence-electron chi connectivity index (χ2n) is 3.95. The third-order valence-electron chi connectivity index (χ3n) is 1.31. The van der Waals surface area contributed by atoms with E-state index in [1.165, 1.54) is 6.20 Å². The van der Waals surface area contributed by atoms with Gasteiger partial charge in [-0.05, 0) is 5.41 Å². The third kappa shape index (κ3) is 2.62. The highest BCUT2D eigenvalue weighted by Gasteiger charge is 2.13. The van der Waals surface area contributed by atoms with Crippen LogP contribution < -0.4 is 0 Å². The Morgan fingerprint density at radius 3 is 2.55 bits per heavy atom. The average molecular weight is 154 g/mol. The van der Waals surface area contributed by atoms with Crippen LogP contribution in [0.2, 0.25) is 0 Å². The Labute approximate surface area is 66.5 Å². The van der Waals surface area contributed by atoms with Crippen molar-refractivity contribution in [3.05, 3.63) is 12.0 Å². The molecule has 0 aliphatic rings. The first kappa shape index (κ1) is 8.11. The molecule has 0 unspecified atom stereocenters. The van der Waals surface area contributed by atoms with Crippen LogP contribution in [-0.2, 0) is 6.42 Å². The number of hydrogen-bond donors (Lipinski definition) is 2.